The van der Waals surface area contributed by atoms with Crippen molar-refractivity contribution in [3.63, 3.8) is 0 Å². The average molecular weight is 249 g/mol. The SMILES string of the molecule is C=CC(C)C(NOCc1ccccc1)C(=O)OC. The van der Waals surface area contributed by atoms with Gasteiger partial charge < -0.3 is 4.74 Å². The van der Waals surface area contributed by atoms with Crippen LogP contribution in [-0.2, 0) is 21.0 Å². The lowest BCUT2D eigenvalue weighted by atomic mass is 10.0. The lowest BCUT2D eigenvalue weighted by molar-refractivity contribution is -0.149. The van der Waals surface area contributed by atoms with Crippen LogP contribution >= 0.6 is 0 Å². The Morgan fingerprint density at radius 1 is 1.44 bits per heavy atom. The van der Waals surface area contributed by atoms with Gasteiger partial charge in [0.15, 0.2) is 0 Å². The van der Waals surface area contributed by atoms with E-state index >= 15 is 0 Å². The first-order valence-corrected chi connectivity index (χ1v) is 5.80. The van der Waals surface area contributed by atoms with Gasteiger partial charge in [-0.25, -0.2) is 0 Å². The molecule has 18 heavy (non-hydrogen) atoms. The third-order valence-electron chi connectivity index (χ3n) is 2.64. The summed E-state index contributed by atoms with van der Waals surface area (Å²) < 4.78 is 4.71. The summed E-state index contributed by atoms with van der Waals surface area (Å²) in [6.07, 6.45) is 1.68. The molecule has 4 nitrogen and oxygen atoms in total. The molecule has 1 aromatic rings. The third kappa shape index (κ3) is 4.31. The van der Waals surface area contributed by atoms with Gasteiger partial charge in [-0.15, -0.1) is 6.58 Å². The zero-order valence-corrected chi connectivity index (χ0v) is 10.8. The zero-order chi connectivity index (χ0) is 13.4. The van der Waals surface area contributed by atoms with Crippen molar-refractivity contribution in [3.8, 4) is 0 Å². The van der Waals surface area contributed by atoms with Crippen molar-refractivity contribution in [2.75, 3.05) is 7.11 Å². The van der Waals surface area contributed by atoms with Crippen molar-refractivity contribution in [2.45, 2.75) is 19.6 Å². The van der Waals surface area contributed by atoms with Crippen LogP contribution < -0.4 is 5.48 Å². The van der Waals surface area contributed by atoms with Crippen molar-refractivity contribution in [1.29, 1.82) is 0 Å². The number of hydrogen-bond donors (Lipinski definition) is 1. The van der Waals surface area contributed by atoms with E-state index in [-0.39, 0.29) is 11.9 Å². The van der Waals surface area contributed by atoms with Gasteiger partial charge in [-0.1, -0.05) is 43.3 Å². The molecule has 0 aromatic heterocycles. The lowest BCUT2D eigenvalue weighted by Gasteiger charge is -2.19. The molecule has 1 N–H and O–H groups in total. The normalized spacial score (nSPS) is 13.7. The number of nitrogens with one attached hydrogen (secondary N) is 1. The van der Waals surface area contributed by atoms with Crippen molar-refractivity contribution >= 4 is 5.97 Å². The number of benzene rings is 1. The van der Waals surface area contributed by atoms with E-state index in [1.54, 1.807) is 6.08 Å². The van der Waals surface area contributed by atoms with Gasteiger partial charge in [0.25, 0.3) is 0 Å². The van der Waals surface area contributed by atoms with E-state index in [4.69, 9.17) is 9.57 Å². The molecule has 0 aliphatic rings. The highest BCUT2D eigenvalue weighted by atomic mass is 16.6. The molecule has 0 saturated carbocycles. The second kappa shape index (κ2) is 7.63. The van der Waals surface area contributed by atoms with E-state index in [0.717, 1.165) is 5.56 Å². The van der Waals surface area contributed by atoms with Crippen LogP contribution in [0.15, 0.2) is 43.0 Å². The molecule has 0 bridgehead atoms. The molecule has 0 fully saturated rings. The standard InChI is InChI=1S/C14H19NO3/c1-4-11(2)13(14(16)17-3)15-18-10-12-8-6-5-7-9-12/h4-9,11,13,15H,1,10H2,2-3H3. The van der Waals surface area contributed by atoms with Gasteiger partial charge in [-0.05, 0) is 5.56 Å². The van der Waals surface area contributed by atoms with E-state index in [1.165, 1.54) is 7.11 Å². The molecule has 1 aromatic carbocycles. The van der Waals surface area contributed by atoms with Gasteiger partial charge >= 0.3 is 5.97 Å². The predicted molar refractivity (Wildman–Crippen MR) is 69.5 cm³/mol. The Kier molecular flexibility index (Phi) is 6.11. The van der Waals surface area contributed by atoms with E-state index in [1.807, 2.05) is 37.3 Å². The van der Waals surface area contributed by atoms with Crippen molar-refractivity contribution in [2.24, 2.45) is 5.92 Å². The maximum Gasteiger partial charge on any atom is 0.325 e. The first-order valence-electron chi connectivity index (χ1n) is 5.80. The number of rotatable bonds is 7. The number of carbonyl (C=O) groups is 1. The number of carbonyl (C=O) groups excluding carboxylic acids is 1. The van der Waals surface area contributed by atoms with E-state index < -0.39 is 6.04 Å². The topological polar surface area (TPSA) is 47.6 Å². The molecular weight excluding hydrogens is 230 g/mol. The summed E-state index contributed by atoms with van der Waals surface area (Å²) in [5.74, 6) is -0.441. The largest absolute Gasteiger partial charge is 0.468 e. The fourth-order valence-electron chi connectivity index (χ4n) is 1.42. The summed E-state index contributed by atoms with van der Waals surface area (Å²) in [6.45, 7) is 5.92. The Hall–Kier alpha value is -1.65. The van der Waals surface area contributed by atoms with E-state index in [2.05, 4.69) is 12.1 Å². The number of ether oxygens (including phenoxy) is 1. The fourth-order valence-corrected chi connectivity index (χ4v) is 1.42. The first-order chi connectivity index (χ1) is 8.69. The number of hydrogen-bond acceptors (Lipinski definition) is 4. The molecule has 0 aliphatic carbocycles. The van der Waals surface area contributed by atoms with Gasteiger partial charge in [0.05, 0.1) is 13.7 Å². The maximum absolute atomic E-state index is 11.5. The minimum absolute atomic E-state index is 0.0757. The second-order valence-electron chi connectivity index (χ2n) is 3.99. The van der Waals surface area contributed by atoms with Crippen molar-refractivity contribution in [3.05, 3.63) is 48.6 Å². The second-order valence-corrected chi connectivity index (χ2v) is 3.99. The minimum atomic E-state index is -0.545. The quantitative estimate of drug-likeness (QED) is 0.456. The minimum Gasteiger partial charge on any atom is -0.468 e. The van der Waals surface area contributed by atoms with Crippen LogP contribution in [0.3, 0.4) is 0 Å². The molecule has 2 atom stereocenters. The molecule has 0 saturated heterocycles. The zero-order valence-electron chi connectivity index (χ0n) is 10.8. The van der Waals surface area contributed by atoms with Gasteiger partial charge in [0.1, 0.15) is 6.04 Å². The van der Waals surface area contributed by atoms with Crippen LogP contribution in [0.5, 0.6) is 0 Å². The molecule has 0 aliphatic heterocycles. The molecule has 1 rings (SSSR count). The Morgan fingerprint density at radius 3 is 2.67 bits per heavy atom. The van der Waals surface area contributed by atoms with Crippen LogP contribution in [0.25, 0.3) is 0 Å². The highest BCUT2D eigenvalue weighted by Gasteiger charge is 2.23. The molecule has 98 valence electrons. The summed E-state index contributed by atoms with van der Waals surface area (Å²) in [5.41, 5.74) is 3.75. The van der Waals surface area contributed by atoms with Gasteiger partial charge in [0.2, 0.25) is 0 Å². The number of esters is 1. The molecule has 0 spiro atoms. The number of hydroxylamine groups is 1. The van der Waals surface area contributed by atoms with E-state index in [0.29, 0.717) is 6.61 Å². The Labute approximate surface area is 108 Å². The number of methoxy groups -OCH3 is 1. The van der Waals surface area contributed by atoms with Crippen molar-refractivity contribution in [1.82, 2.24) is 5.48 Å². The van der Waals surface area contributed by atoms with Gasteiger partial charge in [-0.2, -0.15) is 5.48 Å². The molecule has 0 heterocycles. The van der Waals surface area contributed by atoms with Crippen LogP contribution in [0.4, 0.5) is 0 Å². The molecule has 0 amide bonds. The Balaban J connectivity index is 2.47. The predicted octanol–water partition coefficient (Wildman–Crippen LogP) is 2.07. The average Bonchev–Trinajstić information content (AvgIpc) is 2.43. The summed E-state index contributed by atoms with van der Waals surface area (Å²) in [7, 11) is 1.35. The van der Waals surface area contributed by atoms with E-state index in [9.17, 15) is 4.79 Å². The van der Waals surface area contributed by atoms with Crippen molar-refractivity contribution < 1.29 is 14.4 Å². The fraction of sp³-hybridized carbons (Fsp3) is 0.357. The summed E-state index contributed by atoms with van der Waals surface area (Å²) in [5, 5.41) is 0. The monoisotopic (exact) mass is 249 g/mol. The van der Waals surface area contributed by atoms with Gasteiger partial charge in [-0.3, -0.25) is 9.63 Å². The molecule has 0 radical (unpaired) electrons. The Bertz CT molecular complexity index is 378. The summed E-state index contributed by atoms with van der Waals surface area (Å²) >= 11 is 0. The van der Waals surface area contributed by atoms with Crippen LogP contribution in [0.2, 0.25) is 0 Å². The molecule has 4 heteroatoms. The third-order valence-corrected chi connectivity index (χ3v) is 2.64. The van der Waals surface area contributed by atoms with Crippen LogP contribution in [0, 0.1) is 5.92 Å². The Morgan fingerprint density at radius 2 is 2.11 bits per heavy atom. The smallest absolute Gasteiger partial charge is 0.325 e. The van der Waals surface area contributed by atoms with Gasteiger partial charge in [0, 0.05) is 5.92 Å². The molecule has 2 unspecified atom stereocenters. The highest BCUT2D eigenvalue weighted by molar-refractivity contribution is 5.76. The summed E-state index contributed by atoms with van der Waals surface area (Å²) in [4.78, 5) is 16.9. The first kappa shape index (κ1) is 14.4. The van der Waals surface area contributed by atoms with Crippen LogP contribution in [0.1, 0.15) is 12.5 Å². The van der Waals surface area contributed by atoms with Crippen LogP contribution in [-0.4, -0.2) is 19.1 Å². The molecular formula is C14H19NO3. The maximum atomic E-state index is 11.5. The lowest BCUT2D eigenvalue weighted by Crippen LogP contribution is -2.41. The summed E-state index contributed by atoms with van der Waals surface area (Å²) in [6, 6.07) is 9.16. The highest BCUT2D eigenvalue weighted by Crippen LogP contribution is 2.07.